The Kier molecular flexibility index (Phi) is 2.57. The summed E-state index contributed by atoms with van der Waals surface area (Å²) in [4.78, 5) is 22.4. The average molecular weight is 281 g/mol. The van der Waals surface area contributed by atoms with Gasteiger partial charge < -0.3 is 4.98 Å². The Morgan fingerprint density at radius 1 is 1.22 bits per heavy atom. The zero-order chi connectivity index (χ0) is 12.7. The Hall–Kier alpha value is -1.85. The van der Waals surface area contributed by atoms with Crippen LogP contribution in [-0.4, -0.2) is 19.5 Å². The highest BCUT2D eigenvalue weighted by molar-refractivity contribution is 6.32. The number of para-hydroxylation sites is 2. The lowest BCUT2D eigenvalue weighted by Gasteiger charge is -2.04. The molecule has 2 heterocycles. The van der Waals surface area contributed by atoms with Crippen LogP contribution in [0.25, 0.3) is 16.9 Å². The maximum absolute atomic E-state index is 11.9. The van der Waals surface area contributed by atoms with Crippen molar-refractivity contribution in [3.05, 3.63) is 51.3 Å². The largest absolute Gasteiger partial charge is 0.332 e. The van der Waals surface area contributed by atoms with E-state index in [1.165, 1.54) is 10.8 Å². The molecule has 2 aromatic heterocycles. The Labute approximate surface area is 111 Å². The van der Waals surface area contributed by atoms with Crippen LogP contribution in [0.2, 0.25) is 10.3 Å². The van der Waals surface area contributed by atoms with E-state index >= 15 is 0 Å². The number of aromatic amines is 1. The van der Waals surface area contributed by atoms with Gasteiger partial charge in [0, 0.05) is 0 Å². The van der Waals surface area contributed by atoms with Crippen LogP contribution >= 0.6 is 23.2 Å². The van der Waals surface area contributed by atoms with E-state index in [-0.39, 0.29) is 21.8 Å². The van der Waals surface area contributed by atoms with Gasteiger partial charge in [-0.1, -0.05) is 23.7 Å². The standard InChI is InChI=1S/C11H6Cl2N4O/c12-6-5-14-10(13)16-9(6)17-8-4-2-1-3-7(8)15-11(17)18/h1-5H,(H,15,18). The van der Waals surface area contributed by atoms with E-state index in [9.17, 15) is 4.79 Å². The predicted molar refractivity (Wildman–Crippen MR) is 69.5 cm³/mol. The number of H-pyrrole nitrogens is 1. The van der Waals surface area contributed by atoms with Gasteiger partial charge in [0.05, 0.1) is 17.2 Å². The van der Waals surface area contributed by atoms with E-state index in [0.717, 1.165) is 0 Å². The molecular formula is C11H6Cl2N4O. The highest BCUT2D eigenvalue weighted by Gasteiger charge is 2.13. The van der Waals surface area contributed by atoms with Crippen molar-refractivity contribution in [1.29, 1.82) is 0 Å². The Morgan fingerprint density at radius 3 is 2.83 bits per heavy atom. The van der Waals surface area contributed by atoms with Crippen molar-refractivity contribution < 1.29 is 0 Å². The Bertz CT molecular complexity index is 793. The summed E-state index contributed by atoms with van der Waals surface area (Å²) < 4.78 is 1.37. The van der Waals surface area contributed by atoms with Gasteiger partial charge in [-0.25, -0.2) is 14.3 Å². The number of aromatic nitrogens is 4. The summed E-state index contributed by atoms with van der Waals surface area (Å²) in [5, 5.41) is 0.290. The second-order valence-corrected chi connectivity index (χ2v) is 4.34. The van der Waals surface area contributed by atoms with E-state index in [2.05, 4.69) is 15.0 Å². The van der Waals surface area contributed by atoms with Gasteiger partial charge in [0.1, 0.15) is 5.02 Å². The van der Waals surface area contributed by atoms with Crippen molar-refractivity contribution in [1.82, 2.24) is 19.5 Å². The summed E-state index contributed by atoms with van der Waals surface area (Å²) in [6.07, 6.45) is 1.36. The van der Waals surface area contributed by atoms with Gasteiger partial charge in [0.2, 0.25) is 5.28 Å². The zero-order valence-electron chi connectivity index (χ0n) is 8.89. The molecule has 0 saturated carbocycles. The third-order valence-electron chi connectivity index (χ3n) is 2.50. The number of rotatable bonds is 1. The van der Waals surface area contributed by atoms with Crippen LogP contribution in [0.4, 0.5) is 0 Å². The molecule has 90 valence electrons. The molecule has 0 fully saturated rings. The van der Waals surface area contributed by atoms with Gasteiger partial charge in [-0.05, 0) is 23.7 Å². The molecule has 0 atom stereocenters. The lowest BCUT2D eigenvalue weighted by atomic mass is 10.3. The first kappa shape index (κ1) is 11.3. The second-order valence-electron chi connectivity index (χ2n) is 3.59. The molecule has 0 radical (unpaired) electrons. The number of halogens is 2. The van der Waals surface area contributed by atoms with Gasteiger partial charge in [0.15, 0.2) is 5.82 Å². The molecule has 1 aromatic carbocycles. The molecule has 0 aliphatic rings. The molecule has 1 N–H and O–H groups in total. The van der Waals surface area contributed by atoms with Crippen LogP contribution in [-0.2, 0) is 0 Å². The second kappa shape index (κ2) is 4.12. The quantitative estimate of drug-likeness (QED) is 0.697. The number of nitrogens with zero attached hydrogens (tertiary/aromatic N) is 3. The molecule has 0 spiro atoms. The summed E-state index contributed by atoms with van der Waals surface area (Å²) in [7, 11) is 0. The first-order valence-electron chi connectivity index (χ1n) is 5.05. The monoisotopic (exact) mass is 280 g/mol. The van der Waals surface area contributed by atoms with Crippen LogP contribution in [0.15, 0.2) is 35.3 Å². The maximum atomic E-state index is 11.9. The number of fused-ring (bicyclic) bond motifs is 1. The van der Waals surface area contributed by atoms with Crippen molar-refractivity contribution >= 4 is 34.2 Å². The normalized spacial score (nSPS) is 11.0. The van der Waals surface area contributed by atoms with Gasteiger partial charge in [-0.2, -0.15) is 4.98 Å². The smallest absolute Gasteiger partial charge is 0.305 e. The van der Waals surface area contributed by atoms with Crippen molar-refractivity contribution in [3.8, 4) is 5.82 Å². The fraction of sp³-hybridized carbons (Fsp3) is 0. The molecule has 7 heteroatoms. The summed E-state index contributed by atoms with van der Waals surface area (Å²) in [5.41, 5.74) is 1.06. The lowest BCUT2D eigenvalue weighted by molar-refractivity contribution is 0.950. The molecule has 0 bridgehead atoms. The molecule has 5 nitrogen and oxygen atoms in total. The molecule has 3 aromatic rings. The van der Waals surface area contributed by atoms with Crippen LogP contribution in [0.1, 0.15) is 0 Å². The van der Waals surface area contributed by atoms with Crippen LogP contribution in [0.5, 0.6) is 0 Å². The number of imidazole rings is 1. The molecule has 0 amide bonds. The minimum absolute atomic E-state index is 0.0339. The molecule has 0 unspecified atom stereocenters. The van der Waals surface area contributed by atoms with E-state index in [1.807, 2.05) is 12.1 Å². The molecule has 3 rings (SSSR count). The van der Waals surface area contributed by atoms with Crippen molar-refractivity contribution in [2.45, 2.75) is 0 Å². The molecule has 0 aliphatic carbocycles. The first-order chi connectivity index (χ1) is 8.66. The summed E-state index contributed by atoms with van der Waals surface area (Å²) >= 11 is 11.7. The average Bonchev–Trinajstić information content (AvgIpc) is 2.68. The third-order valence-corrected chi connectivity index (χ3v) is 2.95. The first-order valence-corrected chi connectivity index (χ1v) is 5.80. The van der Waals surface area contributed by atoms with E-state index < -0.39 is 0 Å². The van der Waals surface area contributed by atoms with Gasteiger partial charge in [-0.15, -0.1) is 0 Å². The number of benzene rings is 1. The highest BCUT2D eigenvalue weighted by Crippen LogP contribution is 2.21. The predicted octanol–water partition coefficient (Wildman–Crippen LogP) is 2.42. The van der Waals surface area contributed by atoms with Crippen molar-refractivity contribution in [3.63, 3.8) is 0 Å². The summed E-state index contributed by atoms with van der Waals surface area (Å²) in [6.45, 7) is 0. The van der Waals surface area contributed by atoms with Gasteiger partial charge in [-0.3, -0.25) is 0 Å². The van der Waals surface area contributed by atoms with Crippen molar-refractivity contribution in [2.24, 2.45) is 0 Å². The minimum atomic E-state index is -0.326. The Balaban J connectivity index is 2.41. The number of hydrogen-bond acceptors (Lipinski definition) is 3. The zero-order valence-corrected chi connectivity index (χ0v) is 10.4. The number of nitrogens with one attached hydrogen (secondary N) is 1. The van der Waals surface area contributed by atoms with Crippen LogP contribution < -0.4 is 5.69 Å². The molecule has 18 heavy (non-hydrogen) atoms. The van der Waals surface area contributed by atoms with Crippen LogP contribution in [0.3, 0.4) is 0 Å². The fourth-order valence-electron chi connectivity index (χ4n) is 1.76. The van der Waals surface area contributed by atoms with E-state index in [4.69, 9.17) is 23.2 Å². The summed E-state index contributed by atoms with van der Waals surface area (Å²) in [5.74, 6) is 0.263. The maximum Gasteiger partial charge on any atom is 0.332 e. The van der Waals surface area contributed by atoms with Crippen LogP contribution in [0, 0.1) is 0 Å². The SMILES string of the molecule is O=c1[nH]c2ccccc2n1-c1nc(Cl)ncc1Cl. The fourth-order valence-corrected chi connectivity index (χ4v) is 2.06. The highest BCUT2D eigenvalue weighted by atomic mass is 35.5. The topological polar surface area (TPSA) is 63.6 Å². The Morgan fingerprint density at radius 2 is 2.00 bits per heavy atom. The number of hydrogen-bond donors (Lipinski definition) is 1. The van der Waals surface area contributed by atoms with Crippen molar-refractivity contribution in [2.75, 3.05) is 0 Å². The lowest BCUT2D eigenvalue weighted by Crippen LogP contribution is -2.16. The van der Waals surface area contributed by atoms with Gasteiger partial charge in [0.25, 0.3) is 0 Å². The molecule has 0 saturated heterocycles. The minimum Gasteiger partial charge on any atom is -0.305 e. The van der Waals surface area contributed by atoms with E-state index in [0.29, 0.717) is 11.0 Å². The van der Waals surface area contributed by atoms with Gasteiger partial charge >= 0.3 is 5.69 Å². The molecule has 0 aliphatic heterocycles. The van der Waals surface area contributed by atoms with E-state index in [1.54, 1.807) is 12.1 Å². The third kappa shape index (κ3) is 1.68. The molecular weight excluding hydrogens is 275 g/mol. The summed E-state index contributed by atoms with van der Waals surface area (Å²) in [6, 6.07) is 7.24.